The number of esters is 1. The number of amides is 2. The van der Waals surface area contributed by atoms with Crippen LogP contribution in [0.3, 0.4) is 0 Å². The Morgan fingerprint density at radius 3 is 2.43 bits per heavy atom. The number of nitrogens with zero attached hydrogens (tertiary/aromatic N) is 3. The average molecular weight is 418 g/mol. The molecule has 0 radical (unpaired) electrons. The zero-order valence-corrected chi connectivity index (χ0v) is 17.8. The van der Waals surface area contributed by atoms with Gasteiger partial charge >= 0.3 is 12.1 Å². The normalized spacial score (nSPS) is 19.7. The molecule has 2 heterocycles. The fourth-order valence-corrected chi connectivity index (χ4v) is 4.07. The molecule has 2 aliphatic heterocycles. The van der Waals surface area contributed by atoms with E-state index in [0.717, 1.165) is 12.0 Å². The Morgan fingerprint density at radius 1 is 1.10 bits per heavy atom. The molecule has 0 aromatic heterocycles. The van der Waals surface area contributed by atoms with Gasteiger partial charge in [-0.2, -0.15) is 0 Å². The minimum atomic E-state index is -0.570. The van der Waals surface area contributed by atoms with Gasteiger partial charge in [-0.25, -0.2) is 4.79 Å². The Morgan fingerprint density at radius 2 is 1.80 bits per heavy atom. The molecule has 8 heteroatoms. The minimum absolute atomic E-state index is 0.0435. The van der Waals surface area contributed by atoms with Gasteiger partial charge in [-0.05, 0) is 18.9 Å². The van der Waals surface area contributed by atoms with E-state index in [0.29, 0.717) is 52.2 Å². The number of methoxy groups -OCH3 is 1. The Bertz CT molecular complexity index is 734. The van der Waals surface area contributed by atoms with Crippen molar-refractivity contribution in [2.45, 2.75) is 38.3 Å². The molecule has 0 unspecified atom stereocenters. The van der Waals surface area contributed by atoms with Crippen LogP contribution in [0.1, 0.15) is 25.3 Å². The molecule has 0 saturated carbocycles. The predicted molar refractivity (Wildman–Crippen MR) is 111 cm³/mol. The number of hydrogen-bond donors (Lipinski definition) is 0. The summed E-state index contributed by atoms with van der Waals surface area (Å²) in [5.74, 6) is -0.273. The monoisotopic (exact) mass is 417 g/mol. The van der Waals surface area contributed by atoms with Crippen LogP contribution in [0.5, 0.6) is 0 Å². The Hall–Kier alpha value is -2.61. The van der Waals surface area contributed by atoms with Crippen molar-refractivity contribution in [1.82, 2.24) is 14.7 Å². The van der Waals surface area contributed by atoms with Gasteiger partial charge in [0, 0.05) is 45.2 Å². The molecule has 2 fully saturated rings. The highest BCUT2D eigenvalue weighted by Crippen LogP contribution is 2.18. The van der Waals surface area contributed by atoms with Crippen LogP contribution in [-0.2, 0) is 25.5 Å². The van der Waals surface area contributed by atoms with Crippen molar-refractivity contribution in [3.8, 4) is 0 Å². The third-order valence-electron chi connectivity index (χ3n) is 5.88. The standard InChI is InChI=1S/C22H31N3O5/c1-17(15-20(26)29-2)23-10-12-24(13-11-23)21(27)19(16-18-7-4-3-5-8-18)25-9-6-14-30-22(25)28/h3-5,7-8,17,19H,6,9-16H2,1-2H3/t17-,19-/m1/s1. The molecule has 2 amide bonds. The molecule has 2 aliphatic rings. The average Bonchev–Trinajstić information content (AvgIpc) is 2.78. The van der Waals surface area contributed by atoms with Gasteiger partial charge < -0.3 is 14.4 Å². The second-order valence-electron chi connectivity index (χ2n) is 7.86. The molecule has 8 nitrogen and oxygen atoms in total. The van der Waals surface area contributed by atoms with E-state index in [9.17, 15) is 14.4 Å². The third kappa shape index (κ3) is 5.50. The highest BCUT2D eigenvalue weighted by molar-refractivity contribution is 5.86. The summed E-state index contributed by atoms with van der Waals surface area (Å²) in [6.45, 7) is 5.43. The third-order valence-corrected chi connectivity index (χ3v) is 5.88. The van der Waals surface area contributed by atoms with E-state index in [1.54, 1.807) is 4.90 Å². The number of carbonyl (C=O) groups is 3. The van der Waals surface area contributed by atoms with Crippen LogP contribution >= 0.6 is 0 Å². The Balaban J connectivity index is 1.66. The second-order valence-corrected chi connectivity index (χ2v) is 7.86. The first-order valence-electron chi connectivity index (χ1n) is 10.6. The lowest BCUT2D eigenvalue weighted by molar-refractivity contribution is -0.143. The lowest BCUT2D eigenvalue weighted by atomic mass is 10.0. The van der Waals surface area contributed by atoms with E-state index < -0.39 is 12.1 Å². The quantitative estimate of drug-likeness (QED) is 0.626. The van der Waals surface area contributed by atoms with Crippen molar-refractivity contribution in [2.75, 3.05) is 46.4 Å². The molecule has 0 spiro atoms. The summed E-state index contributed by atoms with van der Waals surface area (Å²) in [5.41, 5.74) is 1.01. The SMILES string of the molecule is COC(=O)C[C@@H](C)N1CCN(C(=O)[C@@H](Cc2ccccc2)N2CCCOC2=O)CC1. The molecule has 1 aromatic carbocycles. The first kappa shape index (κ1) is 22.1. The van der Waals surface area contributed by atoms with E-state index in [1.807, 2.05) is 42.2 Å². The molecular weight excluding hydrogens is 386 g/mol. The molecule has 3 rings (SSSR count). The van der Waals surface area contributed by atoms with E-state index in [2.05, 4.69) is 4.90 Å². The van der Waals surface area contributed by atoms with Gasteiger partial charge in [0.05, 0.1) is 20.1 Å². The highest BCUT2D eigenvalue weighted by Gasteiger charge is 2.36. The number of cyclic esters (lactones) is 1. The minimum Gasteiger partial charge on any atom is -0.469 e. The summed E-state index contributed by atoms with van der Waals surface area (Å²) in [7, 11) is 1.39. The maximum atomic E-state index is 13.4. The van der Waals surface area contributed by atoms with Gasteiger partial charge in [0.25, 0.3) is 0 Å². The number of hydrogen-bond acceptors (Lipinski definition) is 6. The lowest BCUT2D eigenvalue weighted by Crippen LogP contribution is -2.58. The number of carbonyl (C=O) groups excluding carboxylic acids is 3. The second kappa shape index (κ2) is 10.4. The molecule has 2 atom stereocenters. The number of piperazine rings is 1. The summed E-state index contributed by atoms with van der Waals surface area (Å²) in [6.07, 6.45) is 1.11. The van der Waals surface area contributed by atoms with Crippen LogP contribution < -0.4 is 0 Å². The van der Waals surface area contributed by atoms with Crippen LogP contribution in [0.4, 0.5) is 4.79 Å². The van der Waals surface area contributed by atoms with E-state index in [4.69, 9.17) is 9.47 Å². The molecule has 1 aromatic rings. The number of benzene rings is 1. The zero-order chi connectivity index (χ0) is 21.5. The van der Waals surface area contributed by atoms with Crippen LogP contribution in [0.2, 0.25) is 0 Å². The van der Waals surface area contributed by atoms with Gasteiger partial charge in [0.1, 0.15) is 6.04 Å². The predicted octanol–water partition coefficient (Wildman–Crippen LogP) is 1.54. The van der Waals surface area contributed by atoms with Gasteiger partial charge in [-0.1, -0.05) is 30.3 Å². The maximum Gasteiger partial charge on any atom is 0.410 e. The summed E-state index contributed by atoms with van der Waals surface area (Å²) >= 11 is 0. The topological polar surface area (TPSA) is 79.4 Å². The molecule has 30 heavy (non-hydrogen) atoms. The number of rotatable bonds is 7. The van der Waals surface area contributed by atoms with Crippen molar-refractivity contribution < 1.29 is 23.9 Å². The Kier molecular flexibility index (Phi) is 7.68. The van der Waals surface area contributed by atoms with Crippen molar-refractivity contribution >= 4 is 18.0 Å². The van der Waals surface area contributed by atoms with Crippen LogP contribution in [0.25, 0.3) is 0 Å². The molecule has 2 saturated heterocycles. The first-order chi connectivity index (χ1) is 14.5. The van der Waals surface area contributed by atoms with Crippen molar-refractivity contribution in [1.29, 1.82) is 0 Å². The summed E-state index contributed by atoms with van der Waals surface area (Å²) in [5, 5.41) is 0. The highest BCUT2D eigenvalue weighted by atomic mass is 16.6. The summed E-state index contributed by atoms with van der Waals surface area (Å²) < 4.78 is 9.96. The summed E-state index contributed by atoms with van der Waals surface area (Å²) in [4.78, 5) is 42.9. The van der Waals surface area contributed by atoms with Crippen molar-refractivity contribution in [3.63, 3.8) is 0 Å². The van der Waals surface area contributed by atoms with E-state index >= 15 is 0 Å². The van der Waals surface area contributed by atoms with Gasteiger partial charge in [-0.3, -0.25) is 19.4 Å². The lowest BCUT2D eigenvalue weighted by Gasteiger charge is -2.41. The van der Waals surface area contributed by atoms with E-state index in [1.165, 1.54) is 7.11 Å². The van der Waals surface area contributed by atoms with Crippen LogP contribution in [0, 0.1) is 0 Å². The largest absolute Gasteiger partial charge is 0.469 e. The fourth-order valence-electron chi connectivity index (χ4n) is 4.07. The van der Waals surface area contributed by atoms with E-state index in [-0.39, 0.29) is 17.9 Å². The Labute approximate surface area is 177 Å². The van der Waals surface area contributed by atoms with Crippen LogP contribution in [0.15, 0.2) is 30.3 Å². The maximum absolute atomic E-state index is 13.4. The molecule has 0 bridgehead atoms. The smallest absolute Gasteiger partial charge is 0.410 e. The molecular formula is C22H31N3O5. The van der Waals surface area contributed by atoms with Gasteiger partial charge in [0.15, 0.2) is 0 Å². The van der Waals surface area contributed by atoms with Crippen LogP contribution in [-0.4, -0.2) is 91.2 Å². The molecule has 164 valence electrons. The first-order valence-corrected chi connectivity index (χ1v) is 10.6. The van der Waals surface area contributed by atoms with Crippen molar-refractivity contribution in [2.24, 2.45) is 0 Å². The molecule has 0 aliphatic carbocycles. The number of ether oxygens (including phenoxy) is 2. The van der Waals surface area contributed by atoms with Gasteiger partial charge in [0.2, 0.25) is 5.91 Å². The summed E-state index contributed by atoms with van der Waals surface area (Å²) in [6, 6.07) is 9.25. The zero-order valence-electron chi connectivity index (χ0n) is 17.8. The fraction of sp³-hybridized carbons (Fsp3) is 0.591. The van der Waals surface area contributed by atoms with Gasteiger partial charge in [-0.15, -0.1) is 0 Å². The van der Waals surface area contributed by atoms with Crippen molar-refractivity contribution in [3.05, 3.63) is 35.9 Å². The molecule has 0 N–H and O–H groups in total.